The number of nitrogens with zero attached hydrogens (tertiary/aromatic N) is 1. The van der Waals surface area contributed by atoms with Gasteiger partial charge in [-0.2, -0.15) is 0 Å². The van der Waals surface area contributed by atoms with Crippen LogP contribution in [-0.4, -0.2) is 13.4 Å². The fourth-order valence-electron chi connectivity index (χ4n) is 1.48. The summed E-state index contributed by atoms with van der Waals surface area (Å²) in [5, 5.41) is 0. The maximum Gasteiger partial charge on any atom is 0.264 e. The summed E-state index contributed by atoms with van der Waals surface area (Å²) in [7, 11) is -3.69. The van der Waals surface area contributed by atoms with E-state index in [4.69, 9.17) is 0 Å². The second-order valence-electron chi connectivity index (χ2n) is 4.00. The standard InChI is InChI=1S/C12H9Br3N2O2S/c1-7-4-12(16-6-10(7)15)17-20(18,19)11-3-2-8(13)5-9(11)14/h2-6H,1H3,(H,16,17). The van der Waals surface area contributed by atoms with Crippen molar-refractivity contribution in [2.45, 2.75) is 11.8 Å². The maximum absolute atomic E-state index is 12.3. The third kappa shape index (κ3) is 3.60. The largest absolute Gasteiger partial charge is 0.264 e. The van der Waals surface area contributed by atoms with Crippen molar-refractivity contribution < 1.29 is 8.42 Å². The van der Waals surface area contributed by atoms with Crippen molar-refractivity contribution in [1.29, 1.82) is 0 Å². The van der Waals surface area contributed by atoms with Crippen LogP contribution in [0.2, 0.25) is 0 Å². The molecule has 8 heteroatoms. The van der Waals surface area contributed by atoms with Crippen LogP contribution < -0.4 is 4.72 Å². The number of nitrogens with one attached hydrogen (secondary N) is 1. The van der Waals surface area contributed by atoms with E-state index in [2.05, 4.69) is 57.5 Å². The van der Waals surface area contributed by atoms with Gasteiger partial charge in [0.1, 0.15) is 10.7 Å². The van der Waals surface area contributed by atoms with E-state index in [1.54, 1.807) is 24.4 Å². The van der Waals surface area contributed by atoms with Crippen LogP contribution in [0.3, 0.4) is 0 Å². The first kappa shape index (κ1) is 15.9. The summed E-state index contributed by atoms with van der Waals surface area (Å²) in [6.45, 7) is 1.86. The van der Waals surface area contributed by atoms with Gasteiger partial charge in [-0.15, -0.1) is 0 Å². The second-order valence-corrected chi connectivity index (χ2v) is 8.27. The van der Waals surface area contributed by atoms with Crippen molar-refractivity contribution in [3.8, 4) is 0 Å². The Hall–Kier alpha value is -0.440. The Morgan fingerprint density at radius 3 is 2.40 bits per heavy atom. The predicted molar refractivity (Wildman–Crippen MR) is 89.3 cm³/mol. The van der Waals surface area contributed by atoms with Crippen LogP contribution in [0.1, 0.15) is 5.56 Å². The van der Waals surface area contributed by atoms with Crippen molar-refractivity contribution in [3.05, 3.63) is 49.4 Å². The van der Waals surface area contributed by atoms with Crippen LogP contribution >= 0.6 is 47.8 Å². The van der Waals surface area contributed by atoms with Gasteiger partial charge in [-0.05, 0) is 68.6 Å². The molecule has 0 aliphatic rings. The van der Waals surface area contributed by atoms with Gasteiger partial charge in [0.05, 0.1) is 0 Å². The molecule has 1 heterocycles. The molecule has 2 aromatic rings. The Balaban J connectivity index is 2.38. The molecule has 106 valence electrons. The molecule has 2 rings (SSSR count). The van der Waals surface area contributed by atoms with Crippen LogP contribution in [0, 0.1) is 6.92 Å². The molecule has 1 aromatic heterocycles. The Morgan fingerprint density at radius 2 is 1.80 bits per heavy atom. The van der Waals surface area contributed by atoms with Gasteiger partial charge in [0, 0.05) is 19.6 Å². The average molecular weight is 485 g/mol. The van der Waals surface area contributed by atoms with Gasteiger partial charge in [0.2, 0.25) is 0 Å². The van der Waals surface area contributed by atoms with Gasteiger partial charge in [-0.1, -0.05) is 15.9 Å². The van der Waals surface area contributed by atoms with E-state index in [9.17, 15) is 8.42 Å². The number of aryl methyl sites for hydroxylation is 1. The van der Waals surface area contributed by atoms with Crippen molar-refractivity contribution in [1.82, 2.24) is 4.98 Å². The molecule has 20 heavy (non-hydrogen) atoms. The third-order valence-corrected chi connectivity index (χ3v) is 6.12. The molecule has 0 saturated heterocycles. The molecule has 0 unspecified atom stereocenters. The number of benzene rings is 1. The molecule has 0 spiro atoms. The van der Waals surface area contributed by atoms with Crippen LogP contribution in [0.5, 0.6) is 0 Å². The second kappa shape index (κ2) is 6.13. The van der Waals surface area contributed by atoms with Gasteiger partial charge in [0.15, 0.2) is 0 Å². The highest BCUT2D eigenvalue weighted by Gasteiger charge is 2.18. The molecule has 1 N–H and O–H groups in total. The van der Waals surface area contributed by atoms with Gasteiger partial charge in [-0.3, -0.25) is 4.72 Å². The summed E-state index contributed by atoms with van der Waals surface area (Å²) >= 11 is 9.85. The van der Waals surface area contributed by atoms with Crippen LogP contribution in [-0.2, 0) is 10.0 Å². The summed E-state index contributed by atoms with van der Waals surface area (Å²) < 4.78 is 29.2. The molecule has 0 radical (unpaired) electrons. The number of rotatable bonds is 3. The Labute approximate surface area is 142 Å². The lowest BCUT2D eigenvalue weighted by Crippen LogP contribution is -2.14. The quantitative estimate of drug-likeness (QED) is 0.699. The van der Waals surface area contributed by atoms with E-state index in [1.165, 1.54) is 6.07 Å². The predicted octanol–water partition coefficient (Wildman–Crippen LogP) is 4.48. The molecule has 1 aromatic carbocycles. The van der Waals surface area contributed by atoms with E-state index in [1.807, 2.05) is 6.92 Å². The molecule has 0 bridgehead atoms. The summed E-state index contributed by atoms with van der Waals surface area (Å²) in [5.41, 5.74) is 0.896. The topological polar surface area (TPSA) is 59.1 Å². The smallest absolute Gasteiger partial charge is 0.263 e. The summed E-state index contributed by atoms with van der Waals surface area (Å²) in [6, 6.07) is 6.52. The molecule has 4 nitrogen and oxygen atoms in total. The zero-order valence-electron chi connectivity index (χ0n) is 10.2. The molecular weight excluding hydrogens is 476 g/mol. The van der Waals surface area contributed by atoms with Gasteiger partial charge >= 0.3 is 0 Å². The monoisotopic (exact) mass is 482 g/mol. The molecule has 0 aliphatic heterocycles. The normalized spacial score (nSPS) is 11.4. The molecule has 0 fully saturated rings. The lowest BCUT2D eigenvalue weighted by atomic mass is 10.3. The molecule has 0 amide bonds. The van der Waals surface area contributed by atoms with Gasteiger partial charge in [0.25, 0.3) is 10.0 Å². The SMILES string of the molecule is Cc1cc(NS(=O)(=O)c2ccc(Br)cc2Br)ncc1Br. The van der Waals surface area contributed by atoms with Crippen molar-refractivity contribution >= 4 is 63.6 Å². The lowest BCUT2D eigenvalue weighted by molar-refractivity contribution is 0.600. The number of anilines is 1. The fraction of sp³-hybridized carbons (Fsp3) is 0.0833. The molecule has 0 aliphatic carbocycles. The zero-order chi connectivity index (χ0) is 14.9. The van der Waals surface area contributed by atoms with Crippen molar-refractivity contribution in [3.63, 3.8) is 0 Å². The molecule has 0 atom stereocenters. The van der Waals surface area contributed by atoms with Crippen molar-refractivity contribution in [2.75, 3.05) is 4.72 Å². The Bertz CT molecular complexity index is 763. The zero-order valence-corrected chi connectivity index (χ0v) is 15.8. The van der Waals surface area contributed by atoms with E-state index in [0.717, 1.165) is 14.5 Å². The molecule has 0 saturated carbocycles. The fourth-order valence-corrected chi connectivity index (χ4v) is 4.44. The van der Waals surface area contributed by atoms with Crippen LogP contribution in [0.4, 0.5) is 5.82 Å². The number of pyridine rings is 1. The number of hydrogen-bond acceptors (Lipinski definition) is 3. The highest BCUT2D eigenvalue weighted by atomic mass is 79.9. The van der Waals surface area contributed by atoms with E-state index in [0.29, 0.717) is 4.47 Å². The van der Waals surface area contributed by atoms with E-state index in [-0.39, 0.29) is 10.7 Å². The van der Waals surface area contributed by atoms with E-state index < -0.39 is 10.0 Å². The Morgan fingerprint density at radius 1 is 1.10 bits per heavy atom. The number of hydrogen-bond donors (Lipinski definition) is 1. The highest BCUT2D eigenvalue weighted by Crippen LogP contribution is 2.27. The number of halogens is 3. The highest BCUT2D eigenvalue weighted by molar-refractivity contribution is 9.11. The Kier molecular flexibility index (Phi) is 4.88. The summed E-state index contributed by atoms with van der Waals surface area (Å²) in [6.07, 6.45) is 1.56. The summed E-state index contributed by atoms with van der Waals surface area (Å²) in [5.74, 6) is 0.278. The van der Waals surface area contributed by atoms with Crippen LogP contribution in [0.25, 0.3) is 0 Å². The maximum atomic E-state index is 12.3. The minimum absolute atomic E-state index is 0.156. The first-order valence-corrected chi connectivity index (χ1v) is 9.26. The number of aromatic nitrogens is 1. The third-order valence-electron chi connectivity index (χ3n) is 2.47. The first-order valence-electron chi connectivity index (χ1n) is 5.39. The molecular formula is C12H9Br3N2O2S. The number of sulfonamides is 1. The minimum Gasteiger partial charge on any atom is -0.263 e. The van der Waals surface area contributed by atoms with Gasteiger partial charge < -0.3 is 0 Å². The average Bonchev–Trinajstić information content (AvgIpc) is 2.33. The van der Waals surface area contributed by atoms with Crippen molar-refractivity contribution in [2.24, 2.45) is 0 Å². The van der Waals surface area contributed by atoms with E-state index >= 15 is 0 Å². The lowest BCUT2D eigenvalue weighted by Gasteiger charge is -2.10. The summed E-state index contributed by atoms with van der Waals surface area (Å²) in [4.78, 5) is 4.19. The first-order chi connectivity index (χ1) is 9.29. The van der Waals surface area contributed by atoms with Crippen LogP contribution in [0.15, 0.2) is 48.8 Å². The minimum atomic E-state index is -3.69. The van der Waals surface area contributed by atoms with Gasteiger partial charge in [-0.25, -0.2) is 13.4 Å².